The van der Waals surface area contributed by atoms with Crippen molar-refractivity contribution in [1.82, 2.24) is 0 Å². The van der Waals surface area contributed by atoms with Gasteiger partial charge in [-0.05, 0) is 118 Å². The molecule has 0 aliphatic carbocycles. The van der Waals surface area contributed by atoms with Crippen LogP contribution >= 0.6 is 0 Å². The lowest BCUT2D eigenvalue weighted by molar-refractivity contribution is 1.18. The fourth-order valence-corrected chi connectivity index (χ4v) is 6.63. The van der Waals surface area contributed by atoms with Gasteiger partial charge >= 0.3 is 0 Å². The summed E-state index contributed by atoms with van der Waals surface area (Å²) in [7, 11) is 0. The monoisotopic (exact) mass is 587 g/mol. The molecule has 6 rings (SSSR count). The zero-order chi connectivity index (χ0) is 31.5. The molecule has 6 aromatic rings. The highest BCUT2D eigenvalue weighted by molar-refractivity contribution is 5.89. The van der Waals surface area contributed by atoms with Gasteiger partial charge in [-0.1, -0.05) is 90.0 Å². The van der Waals surface area contributed by atoms with Gasteiger partial charge in [0, 0.05) is 22.7 Å². The highest BCUT2D eigenvalue weighted by Crippen LogP contribution is 2.45. The maximum absolute atomic E-state index is 3.72. The van der Waals surface area contributed by atoms with Crippen molar-refractivity contribution in [1.29, 1.82) is 0 Å². The van der Waals surface area contributed by atoms with Crippen LogP contribution in [0.1, 0.15) is 33.4 Å². The summed E-state index contributed by atoms with van der Waals surface area (Å²) in [6, 6.07) is 47.8. The van der Waals surface area contributed by atoms with E-state index in [1.165, 1.54) is 44.8 Å². The minimum Gasteiger partial charge on any atom is -0.355 e. The molecule has 0 unspecified atom stereocenters. The Bertz CT molecular complexity index is 1760. The molecule has 0 bridgehead atoms. The summed E-state index contributed by atoms with van der Waals surface area (Å²) in [6.07, 6.45) is 0. The Balaban J connectivity index is 1.65. The van der Waals surface area contributed by atoms with Crippen LogP contribution in [-0.4, -0.2) is 0 Å². The van der Waals surface area contributed by atoms with Gasteiger partial charge in [0.25, 0.3) is 0 Å². The maximum atomic E-state index is 3.72. The van der Waals surface area contributed by atoms with Gasteiger partial charge < -0.3 is 15.1 Å². The third kappa shape index (κ3) is 6.34. The van der Waals surface area contributed by atoms with Crippen molar-refractivity contribution < 1.29 is 0 Å². The molecule has 0 aliphatic rings. The average molecular weight is 588 g/mol. The number of rotatable bonds is 8. The van der Waals surface area contributed by atoms with Crippen molar-refractivity contribution in [3.8, 4) is 0 Å². The first-order chi connectivity index (χ1) is 21.8. The number of nitrogens with zero attached hydrogens (tertiary/aromatic N) is 2. The largest absolute Gasteiger partial charge is 0.355 e. The number of para-hydroxylation sites is 3. The standard InChI is InChI=1S/C42H41N3/c1-29-22-31(3)41(32(4)23-29)44(37-18-12-8-13-19-37)39-26-36(43-35-16-10-7-11-17-35)27-40(28-39)45(38-20-14-9-15-21-38)42-33(5)24-30(2)25-34(42)6/h7-28,43H,1-6H3. The van der Waals surface area contributed by atoms with Gasteiger partial charge in [0.15, 0.2) is 0 Å². The van der Waals surface area contributed by atoms with Gasteiger partial charge in [-0.25, -0.2) is 0 Å². The van der Waals surface area contributed by atoms with Crippen LogP contribution in [0.4, 0.5) is 45.5 Å². The molecule has 0 spiro atoms. The van der Waals surface area contributed by atoms with E-state index in [0.29, 0.717) is 0 Å². The predicted octanol–water partition coefficient (Wildman–Crippen LogP) is 12.2. The first kappa shape index (κ1) is 29.8. The van der Waals surface area contributed by atoms with E-state index in [-0.39, 0.29) is 0 Å². The number of nitrogens with one attached hydrogen (secondary N) is 1. The van der Waals surface area contributed by atoms with Gasteiger partial charge in [0.2, 0.25) is 0 Å². The lowest BCUT2D eigenvalue weighted by Gasteiger charge is -2.33. The zero-order valence-corrected chi connectivity index (χ0v) is 27.1. The smallest absolute Gasteiger partial charge is 0.0520 e. The summed E-state index contributed by atoms with van der Waals surface area (Å²) in [4.78, 5) is 4.81. The second-order valence-corrected chi connectivity index (χ2v) is 12.1. The van der Waals surface area contributed by atoms with E-state index in [2.05, 4.69) is 184 Å². The third-order valence-electron chi connectivity index (χ3n) is 8.23. The second-order valence-electron chi connectivity index (χ2n) is 12.1. The summed E-state index contributed by atoms with van der Waals surface area (Å²) in [6.45, 7) is 13.2. The Labute approximate surface area is 268 Å². The van der Waals surface area contributed by atoms with Crippen molar-refractivity contribution >= 4 is 45.5 Å². The molecule has 0 atom stereocenters. The summed E-state index contributed by atoms with van der Waals surface area (Å²) in [5.74, 6) is 0. The van der Waals surface area contributed by atoms with E-state index < -0.39 is 0 Å². The molecule has 0 saturated carbocycles. The minimum absolute atomic E-state index is 1.01. The molecule has 0 radical (unpaired) electrons. The highest BCUT2D eigenvalue weighted by Gasteiger charge is 2.23. The van der Waals surface area contributed by atoms with E-state index in [1.54, 1.807) is 0 Å². The lowest BCUT2D eigenvalue weighted by Crippen LogP contribution is -2.16. The maximum Gasteiger partial charge on any atom is 0.0520 e. The molecular weight excluding hydrogens is 546 g/mol. The molecule has 3 nitrogen and oxygen atoms in total. The van der Waals surface area contributed by atoms with Gasteiger partial charge in [-0.15, -0.1) is 0 Å². The van der Waals surface area contributed by atoms with Gasteiger partial charge in [-0.3, -0.25) is 0 Å². The van der Waals surface area contributed by atoms with Crippen LogP contribution in [0, 0.1) is 41.5 Å². The lowest BCUT2D eigenvalue weighted by atomic mass is 10.0. The Kier molecular flexibility index (Phi) is 8.44. The Morgan fingerprint density at radius 3 is 1.09 bits per heavy atom. The average Bonchev–Trinajstić information content (AvgIpc) is 3.01. The van der Waals surface area contributed by atoms with Crippen molar-refractivity contribution in [2.24, 2.45) is 0 Å². The first-order valence-corrected chi connectivity index (χ1v) is 15.6. The van der Waals surface area contributed by atoms with Crippen LogP contribution in [0.5, 0.6) is 0 Å². The van der Waals surface area contributed by atoms with Crippen LogP contribution in [0.25, 0.3) is 0 Å². The molecule has 3 heteroatoms. The number of anilines is 8. The molecular formula is C42H41N3. The second kappa shape index (κ2) is 12.8. The fourth-order valence-electron chi connectivity index (χ4n) is 6.63. The highest BCUT2D eigenvalue weighted by atomic mass is 15.2. The van der Waals surface area contributed by atoms with Crippen molar-refractivity contribution in [2.75, 3.05) is 15.1 Å². The molecule has 0 fully saturated rings. The number of hydrogen-bond donors (Lipinski definition) is 1. The summed E-state index contributed by atoms with van der Waals surface area (Å²) in [5.41, 5.74) is 16.3. The molecule has 0 aliphatic heterocycles. The van der Waals surface area contributed by atoms with Crippen molar-refractivity contribution in [3.63, 3.8) is 0 Å². The van der Waals surface area contributed by atoms with E-state index in [9.17, 15) is 0 Å². The van der Waals surface area contributed by atoms with Crippen LogP contribution in [0.3, 0.4) is 0 Å². The molecule has 6 aromatic carbocycles. The fraction of sp³-hybridized carbons (Fsp3) is 0.143. The molecule has 0 heterocycles. The molecule has 1 N–H and O–H groups in total. The first-order valence-electron chi connectivity index (χ1n) is 15.6. The number of benzene rings is 6. The number of aryl methyl sites for hydroxylation is 6. The van der Waals surface area contributed by atoms with Crippen LogP contribution < -0.4 is 15.1 Å². The van der Waals surface area contributed by atoms with Gasteiger partial charge in [0.05, 0.1) is 22.7 Å². The van der Waals surface area contributed by atoms with Crippen LogP contribution in [0.2, 0.25) is 0 Å². The van der Waals surface area contributed by atoms with E-state index in [1.807, 2.05) is 6.07 Å². The van der Waals surface area contributed by atoms with Crippen LogP contribution in [0.15, 0.2) is 133 Å². The minimum atomic E-state index is 1.01. The molecule has 0 amide bonds. The van der Waals surface area contributed by atoms with E-state index in [0.717, 1.165) is 34.1 Å². The molecule has 224 valence electrons. The summed E-state index contributed by atoms with van der Waals surface area (Å²) >= 11 is 0. The Morgan fingerprint density at radius 1 is 0.356 bits per heavy atom. The van der Waals surface area contributed by atoms with E-state index in [4.69, 9.17) is 0 Å². The topological polar surface area (TPSA) is 18.5 Å². The number of hydrogen-bond acceptors (Lipinski definition) is 3. The van der Waals surface area contributed by atoms with Gasteiger partial charge in [-0.2, -0.15) is 0 Å². The van der Waals surface area contributed by atoms with Gasteiger partial charge in [0.1, 0.15) is 0 Å². The van der Waals surface area contributed by atoms with Crippen molar-refractivity contribution in [2.45, 2.75) is 41.5 Å². The van der Waals surface area contributed by atoms with Crippen LogP contribution in [-0.2, 0) is 0 Å². The third-order valence-corrected chi connectivity index (χ3v) is 8.23. The predicted molar refractivity (Wildman–Crippen MR) is 194 cm³/mol. The Hall–Kier alpha value is -5.28. The van der Waals surface area contributed by atoms with Crippen molar-refractivity contribution in [3.05, 3.63) is 167 Å². The SMILES string of the molecule is Cc1cc(C)c(N(c2ccccc2)c2cc(Nc3ccccc3)cc(N(c3ccccc3)c3c(C)cc(C)cc3C)c2)c(C)c1. The summed E-state index contributed by atoms with van der Waals surface area (Å²) < 4.78 is 0. The zero-order valence-electron chi connectivity index (χ0n) is 27.1. The Morgan fingerprint density at radius 2 is 0.711 bits per heavy atom. The molecule has 0 saturated heterocycles. The molecule has 45 heavy (non-hydrogen) atoms. The molecule has 0 aromatic heterocycles. The quantitative estimate of drug-likeness (QED) is 0.191. The van der Waals surface area contributed by atoms with E-state index >= 15 is 0 Å². The normalized spacial score (nSPS) is 10.9. The summed E-state index contributed by atoms with van der Waals surface area (Å²) in [5, 5.41) is 3.72.